The van der Waals surface area contributed by atoms with E-state index in [1.165, 1.54) is 18.9 Å². The van der Waals surface area contributed by atoms with E-state index in [0.29, 0.717) is 17.5 Å². The van der Waals surface area contributed by atoms with Crippen molar-refractivity contribution in [3.05, 3.63) is 46.4 Å². The monoisotopic (exact) mass is 394 g/mol. The standard InChI is InChI=1S/C22H23FN4S/c1-14(2)26-28-17-7-9-20(25-12-17)22-19(11-24)18-8-5-16(23)6-10-21(18)27(22)13-15-3-4-15/h6-10,12,14-15,26H,3-5,13H2,1-2H3. The highest BCUT2D eigenvalue weighted by Crippen LogP contribution is 2.32. The Hall–Kier alpha value is -2.36. The summed E-state index contributed by atoms with van der Waals surface area (Å²) >= 11 is 1.55. The minimum Gasteiger partial charge on any atom is -0.338 e. The van der Waals surface area contributed by atoms with Crippen LogP contribution in [-0.2, 0) is 6.54 Å². The molecule has 0 aliphatic heterocycles. The van der Waals surface area contributed by atoms with Crippen molar-refractivity contribution in [3.63, 3.8) is 0 Å². The van der Waals surface area contributed by atoms with Crippen molar-refractivity contribution < 1.29 is 4.39 Å². The van der Waals surface area contributed by atoms with Crippen molar-refractivity contribution >= 4 is 24.1 Å². The molecule has 0 spiro atoms. The summed E-state index contributed by atoms with van der Waals surface area (Å²) in [5.74, 6) is 0.439. The smallest absolute Gasteiger partial charge is 0.104 e. The van der Waals surface area contributed by atoms with Crippen molar-refractivity contribution in [1.82, 2.24) is 14.3 Å². The van der Waals surface area contributed by atoms with Gasteiger partial charge in [-0.1, -0.05) is 6.08 Å². The maximum atomic E-state index is 13.8. The van der Waals surface area contributed by atoms with Crippen LogP contribution in [0.15, 0.2) is 35.1 Å². The number of fused-ring (bicyclic) bond motifs is 1. The van der Waals surface area contributed by atoms with Crippen molar-refractivity contribution in [2.45, 2.75) is 50.6 Å². The van der Waals surface area contributed by atoms with Gasteiger partial charge in [0.05, 0.1) is 17.0 Å². The first kappa shape index (κ1) is 19.0. The average Bonchev–Trinajstić information content (AvgIpc) is 3.47. The third-order valence-corrected chi connectivity index (χ3v) is 5.97. The molecule has 0 unspecified atom stereocenters. The van der Waals surface area contributed by atoms with Crippen LogP contribution in [0.5, 0.6) is 0 Å². The van der Waals surface area contributed by atoms with Crippen LogP contribution in [0.25, 0.3) is 23.5 Å². The Balaban J connectivity index is 1.82. The van der Waals surface area contributed by atoms with Crippen molar-refractivity contribution in [2.24, 2.45) is 5.92 Å². The van der Waals surface area contributed by atoms with Gasteiger partial charge in [-0.05, 0) is 68.8 Å². The van der Waals surface area contributed by atoms with E-state index in [0.717, 1.165) is 33.4 Å². The molecule has 0 amide bonds. The largest absolute Gasteiger partial charge is 0.338 e. The number of allylic oxidation sites excluding steroid dienone is 2. The van der Waals surface area contributed by atoms with Crippen LogP contribution in [0.3, 0.4) is 0 Å². The van der Waals surface area contributed by atoms with Crippen molar-refractivity contribution in [3.8, 4) is 17.5 Å². The molecule has 0 bridgehead atoms. The molecule has 144 valence electrons. The zero-order chi connectivity index (χ0) is 19.7. The lowest BCUT2D eigenvalue weighted by Crippen LogP contribution is -2.30. The van der Waals surface area contributed by atoms with Crippen molar-refractivity contribution in [2.75, 3.05) is 0 Å². The van der Waals surface area contributed by atoms with E-state index >= 15 is 0 Å². The molecular formula is C22H23FN4S. The number of pyridine rings is 1. The number of aromatic nitrogens is 2. The lowest BCUT2D eigenvalue weighted by atomic mass is 10.1. The van der Waals surface area contributed by atoms with Gasteiger partial charge in [0.15, 0.2) is 0 Å². The highest BCUT2D eigenvalue weighted by Gasteiger charge is 2.26. The maximum absolute atomic E-state index is 13.8. The van der Waals surface area contributed by atoms with Gasteiger partial charge in [-0.15, -0.1) is 0 Å². The molecule has 4 rings (SSSR count). The second-order valence-corrected chi connectivity index (χ2v) is 8.54. The first-order chi connectivity index (χ1) is 13.6. The van der Waals surface area contributed by atoms with E-state index in [2.05, 4.69) is 34.2 Å². The molecule has 2 aliphatic carbocycles. The van der Waals surface area contributed by atoms with Gasteiger partial charge in [0.25, 0.3) is 0 Å². The van der Waals surface area contributed by atoms with Crippen LogP contribution in [0.2, 0.25) is 0 Å². The SMILES string of the molecule is CC(C)NSc1ccc(-c2c(C#N)c3c(n2CC2CC2)=CC=C(F)CC=3)nc1. The minimum absolute atomic E-state index is 0.184. The van der Waals surface area contributed by atoms with E-state index < -0.39 is 0 Å². The van der Waals surface area contributed by atoms with E-state index in [1.54, 1.807) is 18.0 Å². The number of halogens is 1. The molecule has 0 saturated heterocycles. The molecule has 28 heavy (non-hydrogen) atoms. The lowest BCUT2D eigenvalue weighted by molar-refractivity contribution is 0.620. The fraction of sp³-hybridized carbons (Fsp3) is 0.364. The molecule has 1 N–H and O–H groups in total. The molecule has 2 aromatic rings. The number of nitriles is 1. The molecule has 4 nitrogen and oxygen atoms in total. The number of nitrogens with zero attached hydrogens (tertiary/aromatic N) is 3. The Bertz CT molecular complexity index is 1070. The summed E-state index contributed by atoms with van der Waals surface area (Å²) in [6, 6.07) is 6.73. The lowest BCUT2D eigenvalue weighted by Gasteiger charge is -2.11. The molecule has 1 saturated carbocycles. The molecule has 0 radical (unpaired) electrons. The highest BCUT2D eigenvalue weighted by molar-refractivity contribution is 7.97. The summed E-state index contributed by atoms with van der Waals surface area (Å²) in [4.78, 5) is 5.68. The van der Waals surface area contributed by atoms with Gasteiger partial charge in [-0.3, -0.25) is 9.71 Å². The van der Waals surface area contributed by atoms with Crippen molar-refractivity contribution in [1.29, 1.82) is 5.26 Å². The van der Waals surface area contributed by atoms with Crippen LogP contribution >= 0.6 is 11.9 Å². The molecule has 0 atom stereocenters. The van der Waals surface area contributed by atoms with E-state index in [1.807, 2.05) is 24.4 Å². The first-order valence-corrected chi connectivity index (χ1v) is 10.5. The average molecular weight is 395 g/mol. The zero-order valence-corrected chi connectivity index (χ0v) is 16.9. The van der Waals surface area contributed by atoms with E-state index in [9.17, 15) is 9.65 Å². The fourth-order valence-corrected chi connectivity index (χ4v) is 3.99. The summed E-state index contributed by atoms with van der Waals surface area (Å²) in [6.45, 7) is 5.03. The molecular weight excluding hydrogens is 371 g/mol. The number of nitrogens with one attached hydrogen (secondary N) is 1. The van der Waals surface area contributed by atoms with Crippen LogP contribution in [-0.4, -0.2) is 15.6 Å². The van der Waals surface area contributed by atoms with Crippen LogP contribution < -0.4 is 15.3 Å². The molecule has 6 heteroatoms. The topological polar surface area (TPSA) is 53.6 Å². The quantitative estimate of drug-likeness (QED) is 0.760. The molecule has 2 aromatic heterocycles. The van der Waals surface area contributed by atoms with Gasteiger partial charge in [-0.25, -0.2) is 4.39 Å². The molecule has 0 aromatic carbocycles. The van der Waals surface area contributed by atoms with Gasteiger partial charge in [0, 0.05) is 40.7 Å². The van der Waals surface area contributed by atoms with Crippen LogP contribution in [0.1, 0.15) is 38.7 Å². The van der Waals surface area contributed by atoms with E-state index in [4.69, 9.17) is 0 Å². The minimum atomic E-state index is -0.184. The molecule has 2 heterocycles. The summed E-state index contributed by atoms with van der Waals surface area (Å²) < 4.78 is 19.3. The summed E-state index contributed by atoms with van der Waals surface area (Å²) in [7, 11) is 0. The second kappa shape index (κ2) is 7.94. The third-order valence-electron chi connectivity index (χ3n) is 4.91. The number of hydrogen-bond donors (Lipinski definition) is 1. The predicted octanol–water partition coefficient (Wildman–Crippen LogP) is 3.65. The summed E-state index contributed by atoms with van der Waals surface area (Å²) in [5.41, 5.74) is 2.21. The maximum Gasteiger partial charge on any atom is 0.104 e. The first-order valence-electron chi connectivity index (χ1n) is 9.64. The Morgan fingerprint density at radius 1 is 1.36 bits per heavy atom. The Morgan fingerprint density at radius 2 is 2.18 bits per heavy atom. The number of rotatable bonds is 6. The van der Waals surface area contributed by atoms with E-state index in [-0.39, 0.29) is 12.2 Å². The van der Waals surface area contributed by atoms with Gasteiger partial charge in [0.1, 0.15) is 11.9 Å². The molecule has 2 aliphatic rings. The Labute approximate surface area is 168 Å². The normalized spacial score (nSPS) is 15.9. The third kappa shape index (κ3) is 3.91. The summed E-state index contributed by atoms with van der Waals surface area (Å²) in [6.07, 6.45) is 9.60. The predicted molar refractivity (Wildman–Crippen MR) is 111 cm³/mol. The van der Waals surface area contributed by atoms with Gasteiger partial charge in [0.2, 0.25) is 0 Å². The Kier molecular flexibility index (Phi) is 5.38. The highest BCUT2D eigenvalue weighted by atomic mass is 32.2. The number of hydrogen-bond acceptors (Lipinski definition) is 4. The Morgan fingerprint density at radius 3 is 2.82 bits per heavy atom. The van der Waals surface area contributed by atoms with Gasteiger partial charge in [-0.2, -0.15) is 5.26 Å². The fourth-order valence-electron chi connectivity index (χ4n) is 3.37. The second-order valence-electron chi connectivity index (χ2n) is 7.63. The van der Waals surface area contributed by atoms with Crippen LogP contribution in [0.4, 0.5) is 4.39 Å². The molecule has 1 fully saturated rings. The van der Waals surface area contributed by atoms with Gasteiger partial charge >= 0.3 is 0 Å². The summed E-state index contributed by atoms with van der Waals surface area (Å²) in [5, 5.41) is 11.6. The van der Waals surface area contributed by atoms with Gasteiger partial charge < -0.3 is 4.57 Å². The van der Waals surface area contributed by atoms with Crippen LogP contribution in [0, 0.1) is 17.2 Å². The zero-order valence-electron chi connectivity index (χ0n) is 16.1.